The minimum absolute atomic E-state index is 0.00690. The summed E-state index contributed by atoms with van der Waals surface area (Å²) >= 11 is 0. The van der Waals surface area contributed by atoms with Crippen LogP contribution in [0.2, 0.25) is 0 Å². The van der Waals surface area contributed by atoms with Crippen molar-refractivity contribution in [3.05, 3.63) is 29.5 Å². The molecule has 0 radical (unpaired) electrons. The second kappa shape index (κ2) is 7.04. The van der Waals surface area contributed by atoms with Gasteiger partial charge in [0.25, 0.3) is 5.91 Å². The van der Waals surface area contributed by atoms with Gasteiger partial charge in [0.2, 0.25) is 10.0 Å². The van der Waals surface area contributed by atoms with E-state index in [1.807, 2.05) is 13.8 Å². The molecule has 1 fully saturated rings. The Kier molecular flexibility index (Phi) is 5.12. The van der Waals surface area contributed by atoms with Crippen LogP contribution in [0.1, 0.15) is 49.7 Å². The van der Waals surface area contributed by atoms with Gasteiger partial charge in [-0.3, -0.25) is 4.79 Å². The van der Waals surface area contributed by atoms with Crippen LogP contribution in [-0.4, -0.2) is 37.8 Å². The molecule has 142 valence electrons. The van der Waals surface area contributed by atoms with Crippen molar-refractivity contribution < 1.29 is 17.6 Å². The van der Waals surface area contributed by atoms with Gasteiger partial charge in [-0.05, 0) is 57.7 Å². The third-order valence-corrected chi connectivity index (χ3v) is 6.81. The Balaban J connectivity index is 1.96. The monoisotopic (exact) mass is 378 g/mol. The fourth-order valence-electron chi connectivity index (χ4n) is 3.28. The number of furan rings is 1. The summed E-state index contributed by atoms with van der Waals surface area (Å²) in [5.74, 6) is 0.500. The van der Waals surface area contributed by atoms with Crippen molar-refractivity contribution in [1.29, 1.82) is 0 Å². The van der Waals surface area contributed by atoms with Crippen LogP contribution in [0.3, 0.4) is 0 Å². The second-order valence-corrected chi connectivity index (χ2v) is 9.37. The molecular formula is C19H26N2O4S. The van der Waals surface area contributed by atoms with Crippen molar-refractivity contribution in [3.8, 4) is 0 Å². The molecule has 1 aromatic heterocycles. The van der Waals surface area contributed by atoms with Crippen molar-refractivity contribution in [2.75, 3.05) is 13.1 Å². The number of fused-ring (bicyclic) bond motifs is 1. The fourth-order valence-corrected chi connectivity index (χ4v) is 4.78. The number of benzene rings is 1. The number of carbonyl (C=O) groups is 1. The lowest BCUT2D eigenvalue weighted by Gasteiger charge is -2.29. The van der Waals surface area contributed by atoms with Crippen LogP contribution in [-0.2, 0) is 10.0 Å². The lowest BCUT2D eigenvalue weighted by molar-refractivity contribution is 0.0916. The molecule has 0 bridgehead atoms. The van der Waals surface area contributed by atoms with Crippen molar-refractivity contribution in [2.24, 2.45) is 5.92 Å². The number of carbonyl (C=O) groups excluding carboxylic acids is 1. The molecule has 1 aliphatic rings. The Morgan fingerprint density at radius 3 is 2.54 bits per heavy atom. The van der Waals surface area contributed by atoms with Gasteiger partial charge in [-0.1, -0.05) is 6.92 Å². The number of nitrogens with zero attached hydrogens (tertiary/aromatic N) is 1. The highest BCUT2D eigenvalue weighted by molar-refractivity contribution is 7.89. The molecule has 0 spiro atoms. The third kappa shape index (κ3) is 3.50. The third-order valence-electron chi connectivity index (χ3n) is 4.91. The normalized spacial score (nSPS) is 17.1. The standard InChI is InChI=1S/C19H26N2O4S/c1-12(2)20-19(22)18-14(4)16-11-15(5-6-17(16)25-18)26(23,24)21-9-7-13(3)8-10-21/h5-6,11-13H,7-10H2,1-4H3,(H,20,22). The smallest absolute Gasteiger partial charge is 0.287 e. The Morgan fingerprint density at radius 1 is 1.27 bits per heavy atom. The first-order valence-electron chi connectivity index (χ1n) is 9.04. The molecule has 3 rings (SSSR count). The summed E-state index contributed by atoms with van der Waals surface area (Å²) in [5, 5.41) is 3.46. The van der Waals surface area contributed by atoms with Crippen LogP contribution in [0.15, 0.2) is 27.5 Å². The van der Waals surface area contributed by atoms with Crippen LogP contribution in [0.5, 0.6) is 0 Å². The van der Waals surface area contributed by atoms with Crippen molar-refractivity contribution in [1.82, 2.24) is 9.62 Å². The van der Waals surface area contributed by atoms with E-state index in [9.17, 15) is 13.2 Å². The molecule has 0 saturated carbocycles. The summed E-state index contributed by atoms with van der Waals surface area (Å²) in [4.78, 5) is 12.5. The predicted octanol–water partition coefficient (Wildman–Crippen LogP) is 3.30. The summed E-state index contributed by atoms with van der Waals surface area (Å²) in [5.41, 5.74) is 1.17. The maximum atomic E-state index is 13.0. The van der Waals surface area contributed by atoms with E-state index >= 15 is 0 Å². The molecule has 0 aliphatic carbocycles. The van der Waals surface area contributed by atoms with Crippen LogP contribution in [0, 0.1) is 12.8 Å². The van der Waals surface area contributed by atoms with Gasteiger partial charge in [-0.15, -0.1) is 0 Å². The Bertz CT molecular complexity index is 922. The number of hydrogen-bond acceptors (Lipinski definition) is 4. The number of hydrogen-bond donors (Lipinski definition) is 1. The molecule has 26 heavy (non-hydrogen) atoms. The molecule has 1 aromatic carbocycles. The first-order chi connectivity index (χ1) is 12.2. The van der Waals surface area contributed by atoms with Crippen LogP contribution < -0.4 is 5.32 Å². The van der Waals surface area contributed by atoms with E-state index in [0.29, 0.717) is 35.5 Å². The van der Waals surface area contributed by atoms with Crippen molar-refractivity contribution in [3.63, 3.8) is 0 Å². The van der Waals surface area contributed by atoms with Crippen LogP contribution in [0.4, 0.5) is 0 Å². The molecule has 2 aromatic rings. The number of sulfonamides is 1. The van der Waals surface area contributed by atoms with Crippen LogP contribution >= 0.6 is 0 Å². The van der Waals surface area contributed by atoms with E-state index in [0.717, 1.165) is 12.8 Å². The second-order valence-electron chi connectivity index (χ2n) is 7.43. The SMILES string of the molecule is Cc1c(C(=O)NC(C)C)oc2ccc(S(=O)(=O)N3CCC(C)CC3)cc12. The molecule has 0 atom stereocenters. The zero-order valence-corrected chi connectivity index (χ0v) is 16.5. The summed E-state index contributed by atoms with van der Waals surface area (Å²) in [7, 11) is -3.53. The Hall–Kier alpha value is -1.86. The predicted molar refractivity (Wildman–Crippen MR) is 101 cm³/mol. The lowest BCUT2D eigenvalue weighted by Crippen LogP contribution is -2.37. The Morgan fingerprint density at radius 2 is 1.92 bits per heavy atom. The average Bonchev–Trinajstić information content (AvgIpc) is 2.91. The average molecular weight is 378 g/mol. The molecule has 7 heteroatoms. The van der Waals surface area contributed by atoms with E-state index in [1.165, 1.54) is 0 Å². The minimum atomic E-state index is -3.53. The first kappa shape index (κ1) is 18.9. The van der Waals surface area contributed by atoms with Gasteiger partial charge in [-0.2, -0.15) is 4.31 Å². The lowest BCUT2D eigenvalue weighted by atomic mass is 10.0. The molecule has 0 unspecified atom stereocenters. The van der Waals surface area contributed by atoms with Gasteiger partial charge in [0.1, 0.15) is 5.58 Å². The van der Waals surface area contributed by atoms with Gasteiger partial charge < -0.3 is 9.73 Å². The van der Waals surface area contributed by atoms with E-state index in [-0.39, 0.29) is 22.6 Å². The number of amides is 1. The summed E-state index contributed by atoms with van der Waals surface area (Å²) in [6.45, 7) is 8.77. The molecular weight excluding hydrogens is 352 g/mol. The number of piperidine rings is 1. The van der Waals surface area contributed by atoms with Crippen molar-refractivity contribution in [2.45, 2.75) is 51.5 Å². The maximum Gasteiger partial charge on any atom is 0.287 e. The first-order valence-corrected chi connectivity index (χ1v) is 10.5. The molecule has 1 aliphatic heterocycles. The maximum absolute atomic E-state index is 13.0. The highest BCUT2D eigenvalue weighted by Crippen LogP contribution is 2.30. The summed E-state index contributed by atoms with van der Waals surface area (Å²) < 4.78 is 33.1. The molecule has 2 heterocycles. The zero-order chi connectivity index (χ0) is 19.1. The minimum Gasteiger partial charge on any atom is -0.451 e. The quantitative estimate of drug-likeness (QED) is 0.885. The number of nitrogens with one attached hydrogen (secondary N) is 1. The highest BCUT2D eigenvalue weighted by Gasteiger charge is 2.29. The fraction of sp³-hybridized carbons (Fsp3) is 0.526. The Labute approximate surface area is 154 Å². The highest BCUT2D eigenvalue weighted by atomic mass is 32.2. The summed E-state index contributed by atoms with van der Waals surface area (Å²) in [6, 6.07) is 4.80. The van der Waals surface area contributed by atoms with E-state index in [4.69, 9.17) is 4.42 Å². The zero-order valence-electron chi connectivity index (χ0n) is 15.7. The molecule has 6 nitrogen and oxygen atoms in total. The van der Waals surface area contributed by atoms with Gasteiger partial charge in [0.15, 0.2) is 5.76 Å². The number of rotatable bonds is 4. The van der Waals surface area contributed by atoms with Gasteiger partial charge >= 0.3 is 0 Å². The van der Waals surface area contributed by atoms with Crippen molar-refractivity contribution >= 4 is 26.9 Å². The van der Waals surface area contributed by atoms with Crippen LogP contribution in [0.25, 0.3) is 11.0 Å². The van der Waals surface area contributed by atoms with Gasteiger partial charge in [-0.25, -0.2) is 8.42 Å². The van der Waals surface area contributed by atoms with Gasteiger partial charge in [0, 0.05) is 30.1 Å². The topological polar surface area (TPSA) is 79.6 Å². The molecule has 1 amide bonds. The van der Waals surface area contributed by atoms with E-state index in [2.05, 4.69) is 12.2 Å². The summed E-state index contributed by atoms with van der Waals surface area (Å²) in [6.07, 6.45) is 1.76. The van der Waals surface area contributed by atoms with E-state index in [1.54, 1.807) is 29.4 Å². The molecule has 1 N–H and O–H groups in total. The largest absolute Gasteiger partial charge is 0.451 e. The molecule has 1 saturated heterocycles. The van der Waals surface area contributed by atoms with Gasteiger partial charge in [0.05, 0.1) is 4.90 Å². The number of aryl methyl sites for hydroxylation is 1. The van der Waals surface area contributed by atoms with E-state index < -0.39 is 10.0 Å².